The highest BCUT2D eigenvalue weighted by Gasteiger charge is 2.18. The van der Waals surface area contributed by atoms with Crippen LogP contribution in [0.2, 0.25) is 0 Å². The van der Waals surface area contributed by atoms with Crippen LogP contribution in [-0.2, 0) is 0 Å². The summed E-state index contributed by atoms with van der Waals surface area (Å²) in [5, 5.41) is 15.0. The van der Waals surface area contributed by atoms with E-state index >= 15 is 0 Å². The maximum absolute atomic E-state index is 13.6. The van der Waals surface area contributed by atoms with Gasteiger partial charge in [0.1, 0.15) is 22.8 Å². The van der Waals surface area contributed by atoms with Crippen LogP contribution < -0.4 is 0 Å². The number of phenolic OH excluding ortho intramolecular Hbond substituents is 1. The number of benzene rings is 1. The molecule has 2 heterocycles. The van der Waals surface area contributed by atoms with Gasteiger partial charge in [0.25, 0.3) is 5.89 Å². The Labute approximate surface area is 105 Å². The first-order valence-corrected chi connectivity index (χ1v) is 5.90. The molecule has 2 aromatic heterocycles. The Morgan fingerprint density at radius 3 is 2.94 bits per heavy atom. The first kappa shape index (κ1) is 10.8. The lowest BCUT2D eigenvalue weighted by atomic mass is 10.2. The maximum atomic E-state index is 13.6. The number of rotatable bonds is 2. The molecule has 0 unspecified atom stereocenters. The molecule has 0 aliphatic carbocycles. The fourth-order valence-corrected chi connectivity index (χ4v) is 2.01. The molecule has 0 amide bonds. The quantitative estimate of drug-likeness (QED) is 0.769. The SMILES string of the molecule is Oc1cccc(F)c1-c1nc(-c2cscn2)no1. The Kier molecular flexibility index (Phi) is 2.52. The molecule has 0 saturated heterocycles. The molecular formula is C11H6FN3O2S. The zero-order valence-corrected chi connectivity index (χ0v) is 9.69. The van der Waals surface area contributed by atoms with Crippen molar-refractivity contribution in [2.24, 2.45) is 0 Å². The van der Waals surface area contributed by atoms with E-state index in [0.717, 1.165) is 0 Å². The lowest BCUT2D eigenvalue weighted by Crippen LogP contribution is -1.85. The molecule has 3 aromatic rings. The van der Waals surface area contributed by atoms with Crippen molar-refractivity contribution >= 4 is 11.3 Å². The smallest absolute Gasteiger partial charge is 0.265 e. The molecule has 5 nitrogen and oxygen atoms in total. The van der Waals surface area contributed by atoms with Gasteiger partial charge in [-0.1, -0.05) is 11.2 Å². The number of hydrogen-bond donors (Lipinski definition) is 1. The van der Waals surface area contributed by atoms with Crippen molar-refractivity contribution in [2.45, 2.75) is 0 Å². The average Bonchev–Trinajstić information content (AvgIpc) is 2.99. The second-order valence-electron chi connectivity index (χ2n) is 3.43. The van der Waals surface area contributed by atoms with E-state index in [4.69, 9.17) is 4.52 Å². The second kappa shape index (κ2) is 4.19. The van der Waals surface area contributed by atoms with Crippen LogP contribution in [0.25, 0.3) is 23.0 Å². The van der Waals surface area contributed by atoms with E-state index in [1.54, 1.807) is 10.9 Å². The van der Waals surface area contributed by atoms with Gasteiger partial charge in [0.2, 0.25) is 5.82 Å². The van der Waals surface area contributed by atoms with Crippen LogP contribution in [-0.4, -0.2) is 20.2 Å². The number of phenols is 1. The summed E-state index contributed by atoms with van der Waals surface area (Å²) in [4.78, 5) is 8.03. The highest BCUT2D eigenvalue weighted by Crippen LogP contribution is 2.31. The third kappa shape index (κ3) is 1.74. The summed E-state index contributed by atoms with van der Waals surface area (Å²) >= 11 is 1.39. The Balaban J connectivity index is 2.09. The van der Waals surface area contributed by atoms with Gasteiger partial charge in [0.05, 0.1) is 5.51 Å². The Morgan fingerprint density at radius 2 is 2.22 bits per heavy atom. The van der Waals surface area contributed by atoms with Crippen molar-refractivity contribution in [2.75, 3.05) is 0 Å². The Morgan fingerprint density at radius 1 is 1.33 bits per heavy atom. The molecule has 1 aromatic carbocycles. The number of hydrogen-bond acceptors (Lipinski definition) is 6. The molecule has 0 atom stereocenters. The fourth-order valence-electron chi connectivity index (χ4n) is 1.48. The largest absolute Gasteiger partial charge is 0.507 e. The maximum Gasteiger partial charge on any atom is 0.265 e. The minimum Gasteiger partial charge on any atom is -0.507 e. The third-order valence-corrected chi connectivity index (χ3v) is 2.88. The molecule has 18 heavy (non-hydrogen) atoms. The van der Waals surface area contributed by atoms with Crippen molar-refractivity contribution < 1.29 is 14.0 Å². The second-order valence-corrected chi connectivity index (χ2v) is 4.15. The molecule has 7 heteroatoms. The van der Waals surface area contributed by atoms with Crippen LogP contribution in [0.15, 0.2) is 33.6 Å². The highest BCUT2D eigenvalue weighted by atomic mass is 32.1. The van der Waals surface area contributed by atoms with Gasteiger partial charge < -0.3 is 9.63 Å². The zero-order chi connectivity index (χ0) is 12.5. The standard InChI is InChI=1S/C11H6FN3O2S/c12-6-2-1-3-8(16)9(6)11-14-10(15-17-11)7-4-18-5-13-7/h1-5,16H. The summed E-state index contributed by atoms with van der Waals surface area (Å²) in [6, 6.07) is 3.96. The Bertz CT molecular complexity index is 661. The Hall–Kier alpha value is -2.28. The number of nitrogens with zero attached hydrogens (tertiary/aromatic N) is 3. The van der Waals surface area contributed by atoms with Crippen LogP contribution in [0.4, 0.5) is 4.39 Å². The first-order valence-electron chi connectivity index (χ1n) is 4.96. The summed E-state index contributed by atoms with van der Waals surface area (Å²) in [6.07, 6.45) is 0. The number of thiazole rings is 1. The van der Waals surface area contributed by atoms with E-state index in [-0.39, 0.29) is 23.0 Å². The van der Waals surface area contributed by atoms with E-state index < -0.39 is 5.82 Å². The molecule has 0 saturated carbocycles. The van der Waals surface area contributed by atoms with Crippen LogP contribution in [0.1, 0.15) is 0 Å². The predicted octanol–water partition coefficient (Wildman–Crippen LogP) is 2.70. The van der Waals surface area contributed by atoms with Crippen molar-refractivity contribution in [1.82, 2.24) is 15.1 Å². The molecule has 0 aliphatic heterocycles. The van der Waals surface area contributed by atoms with Gasteiger partial charge in [0, 0.05) is 5.38 Å². The van der Waals surface area contributed by atoms with Gasteiger partial charge in [-0.2, -0.15) is 4.98 Å². The predicted molar refractivity (Wildman–Crippen MR) is 62.5 cm³/mol. The number of aromatic hydroxyl groups is 1. The fraction of sp³-hybridized carbons (Fsp3) is 0. The summed E-state index contributed by atoms with van der Waals surface area (Å²) < 4.78 is 18.5. The molecule has 1 N–H and O–H groups in total. The van der Waals surface area contributed by atoms with E-state index in [0.29, 0.717) is 5.69 Å². The van der Waals surface area contributed by atoms with Crippen LogP contribution in [0.3, 0.4) is 0 Å². The molecular weight excluding hydrogens is 257 g/mol. The van der Waals surface area contributed by atoms with Gasteiger partial charge in [-0.15, -0.1) is 11.3 Å². The molecule has 0 radical (unpaired) electrons. The lowest BCUT2D eigenvalue weighted by Gasteiger charge is -1.99. The summed E-state index contributed by atoms with van der Waals surface area (Å²) in [6.45, 7) is 0. The zero-order valence-electron chi connectivity index (χ0n) is 8.87. The molecule has 3 rings (SSSR count). The first-order chi connectivity index (χ1) is 8.75. The monoisotopic (exact) mass is 263 g/mol. The van der Waals surface area contributed by atoms with E-state index in [2.05, 4.69) is 15.1 Å². The molecule has 0 aliphatic rings. The number of halogens is 1. The third-order valence-electron chi connectivity index (χ3n) is 2.29. The highest BCUT2D eigenvalue weighted by molar-refractivity contribution is 7.07. The van der Waals surface area contributed by atoms with E-state index in [9.17, 15) is 9.50 Å². The van der Waals surface area contributed by atoms with Crippen LogP contribution >= 0.6 is 11.3 Å². The van der Waals surface area contributed by atoms with E-state index in [1.807, 2.05) is 0 Å². The summed E-state index contributed by atoms with van der Waals surface area (Å²) in [7, 11) is 0. The molecule has 90 valence electrons. The van der Waals surface area contributed by atoms with Crippen molar-refractivity contribution in [3.63, 3.8) is 0 Å². The topological polar surface area (TPSA) is 72.0 Å². The normalized spacial score (nSPS) is 10.7. The van der Waals surface area contributed by atoms with Gasteiger partial charge in [0.15, 0.2) is 0 Å². The van der Waals surface area contributed by atoms with Gasteiger partial charge in [-0.3, -0.25) is 0 Å². The van der Waals surface area contributed by atoms with Crippen LogP contribution in [0.5, 0.6) is 5.75 Å². The van der Waals surface area contributed by atoms with Gasteiger partial charge >= 0.3 is 0 Å². The molecule has 0 fully saturated rings. The van der Waals surface area contributed by atoms with Crippen molar-refractivity contribution in [3.8, 4) is 28.7 Å². The lowest BCUT2D eigenvalue weighted by molar-refractivity contribution is 0.421. The van der Waals surface area contributed by atoms with Gasteiger partial charge in [-0.25, -0.2) is 9.37 Å². The summed E-state index contributed by atoms with van der Waals surface area (Å²) in [5.41, 5.74) is 2.07. The number of aromatic nitrogens is 3. The van der Waals surface area contributed by atoms with E-state index in [1.165, 1.54) is 29.5 Å². The van der Waals surface area contributed by atoms with Gasteiger partial charge in [-0.05, 0) is 12.1 Å². The average molecular weight is 263 g/mol. The summed E-state index contributed by atoms with van der Waals surface area (Å²) in [5.74, 6) is -0.686. The van der Waals surface area contributed by atoms with Crippen molar-refractivity contribution in [3.05, 3.63) is 34.9 Å². The van der Waals surface area contributed by atoms with Crippen molar-refractivity contribution in [1.29, 1.82) is 0 Å². The minimum absolute atomic E-state index is 0.0754. The molecule has 0 bridgehead atoms. The van der Waals surface area contributed by atoms with Crippen LogP contribution in [0, 0.1) is 5.82 Å². The minimum atomic E-state index is -0.622. The molecule has 0 spiro atoms.